The van der Waals surface area contributed by atoms with E-state index in [4.69, 9.17) is 16.9 Å². The molecule has 0 bridgehead atoms. The van der Waals surface area contributed by atoms with E-state index in [0.29, 0.717) is 5.56 Å². The topological polar surface area (TPSA) is 36.1 Å². The van der Waals surface area contributed by atoms with Crippen molar-refractivity contribution in [1.29, 1.82) is 5.26 Å². The summed E-state index contributed by atoms with van der Waals surface area (Å²) in [5, 5.41) is 9.56. The molecule has 0 saturated heterocycles. The van der Waals surface area contributed by atoms with Crippen molar-refractivity contribution >= 4 is 35.3 Å². The number of aliphatic imine (C=N–C) groups is 1. The molecule has 3 rings (SSSR count). The van der Waals surface area contributed by atoms with Crippen LogP contribution in [-0.2, 0) is 0 Å². The number of halogens is 1. The number of rotatable bonds is 4. The summed E-state index contributed by atoms with van der Waals surface area (Å²) in [7, 11) is 0. The molecule has 0 N–H and O–H groups in total. The summed E-state index contributed by atoms with van der Waals surface area (Å²) < 4.78 is 0. The third-order valence-corrected chi connectivity index (χ3v) is 4.62. The Hall–Kier alpha value is -2.54. The van der Waals surface area contributed by atoms with Crippen LogP contribution in [0.3, 0.4) is 0 Å². The first kappa shape index (κ1) is 16.3. The molecule has 0 aliphatic heterocycles. The Morgan fingerprint density at radius 3 is 2.33 bits per heavy atom. The molecule has 4 heteroatoms. The van der Waals surface area contributed by atoms with Gasteiger partial charge in [-0.15, -0.1) is 0 Å². The predicted molar refractivity (Wildman–Crippen MR) is 100 cm³/mol. The van der Waals surface area contributed by atoms with Gasteiger partial charge in [0.2, 0.25) is 0 Å². The van der Waals surface area contributed by atoms with Gasteiger partial charge in [0.15, 0.2) is 0 Å². The first-order chi connectivity index (χ1) is 11.7. The molecule has 0 heterocycles. The van der Waals surface area contributed by atoms with Gasteiger partial charge < -0.3 is 0 Å². The van der Waals surface area contributed by atoms with Crippen molar-refractivity contribution in [2.75, 3.05) is 0 Å². The molecule has 0 spiro atoms. The van der Waals surface area contributed by atoms with Crippen molar-refractivity contribution in [2.45, 2.75) is 9.79 Å². The first-order valence-corrected chi connectivity index (χ1v) is 8.51. The van der Waals surface area contributed by atoms with Crippen LogP contribution in [0.15, 0.2) is 87.6 Å². The standard InChI is InChI=1S/C20H13ClN2S/c21-17-9-11-18(12-10-17)24-20-4-2-1-3-19(20)23-14-16-7-5-15(13-22)6-8-16/h1-12,14H. The van der Waals surface area contributed by atoms with Gasteiger partial charge in [0.05, 0.1) is 17.3 Å². The lowest BCUT2D eigenvalue weighted by molar-refractivity contribution is 1.36. The largest absolute Gasteiger partial charge is 0.255 e. The van der Waals surface area contributed by atoms with Crippen LogP contribution in [0.2, 0.25) is 5.02 Å². The van der Waals surface area contributed by atoms with E-state index in [9.17, 15) is 0 Å². The van der Waals surface area contributed by atoms with Gasteiger partial charge in [-0.25, -0.2) is 0 Å². The number of benzene rings is 3. The fourth-order valence-electron chi connectivity index (χ4n) is 2.07. The molecular weight excluding hydrogens is 336 g/mol. The average Bonchev–Trinajstić information content (AvgIpc) is 2.63. The van der Waals surface area contributed by atoms with Gasteiger partial charge in [0.1, 0.15) is 0 Å². The monoisotopic (exact) mass is 348 g/mol. The van der Waals surface area contributed by atoms with Gasteiger partial charge in [-0.05, 0) is 54.1 Å². The minimum atomic E-state index is 0.644. The summed E-state index contributed by atoms with van der Waals surface area (Å²) in [6.45, 7) is 0. The maximum atomic E-state index is 8.84. The van der Waals surface area contributed by atoms with E-state index in [1.54, 1.807) is 23.9 Å². The molecule has 0 atom stereocenters. The molecule has 3 aromatic rings. The fourth-order valence-corrected chi connectivity index (χ4v) is 3.09. The molecule has 0 unspecified atom stereocenters. The maximum Gasteiger partial charge on any atom is 0.0991 e. The van der Waals surface area contributed by atoms with Crippen molar-refractivity contribution in [3.05, 3.63) is 88.9 Å². The quantitative estimate of drug-likeness (QED) is 0.533. The zero-order valence-corrected chi connectivity index (χ0v) is 14.3. The number of hydrogen-bond donors (Lipinski definition) is 0. The number of hydrogen-bond acceptors (Lipinski definition) is 3. The first-order valence-electron chi connectivity index (χ1n) is 7.31. The molecule has 0 amide bonds. The predicted octanol–water partition coefficient (Wildman–Crippen LogP) is 6.11. The lowest BCUT2D eigenvalue weighted by Crippen LogP contribution is -1.82. The van der Waals surface area contributed by atoms with E-state index in [1.807, 2.05) is 66.9 Å². The van der Waals surface area contributed by atoms with Crippen molar-refractivity contribution in [3.63, 3.8) is 0 Å². The van der Waals surface area contributed by atoms with Gasteiger partial charge in [0, 0.05) is 21.0 Å². The molecule has 0 saturated carbocycles. The van der Waals surface area contributed by atoms with Crippen molar-refractivity contribution in [3.8, 4) is 6.07 Å². The molecule has 24 heavy (non-hydrogen) atoms. The molecule has 0 aromatic heterocycles. The second-order valence-electron chi connectivity index (χ2n) is 5.02. The van der Waals surface area contributed by atoms with Crippen LogP contribution in [0.25, 0.3) is 0 Å². The molecule has 0 aliphatic rings. The normalized spacial score (nSPS) is 10.7. The second kappa shape index (κ2) is 7.83. The van der Waals surface area contributed by atoms with E-state index in [-0.39, 0.29) is 0 Å². The average molecular weight is 349 g/mol. The Bertz CT molecular complexity index is 894. The Balaban J connectivity index is 1.81. The molecule has 0 radical (unpaired) electrons. The smallest absolute Gasteiger partial charge is 0.0991 e. The van der Waals surface area contributed by atoms with Crippen LogP contribution in [0.1, 0.15) is 11.1 Å². The molecular formula is C20H13ClN2S. The second-order valence-corrected chi connectivity index (χ2v) is 6.57. The third-order valence-electron chi connectivity index (χ3n) is 3.30. The van der Waals surface area contributed by atoms with Crippen LogP contribution >= 0.6 is 23.4 Å². The summed E-state index contributed by atoms with van der Waals surface area (Å²) in [6.07, 6.45) is 1.81. The summed E-state index contributed by atoms with van der Waals surface area (Å²) in [6, 6.07) is 25.2. The Morgan fingerprint density at radius 1 is 0.917 bits per heavy atom. The van der Waals surface area contributed by atoms with Crippen molar-refractivity contribution in [1.82, 2.24) is 0 Å². The van der Waals surface area contributed by atoms with Crippen molar-refractivity contribution in [2.24, 2.45) is 4.99 Å². The summed E-state index contributed by atoms with van der Waals surface area (Å²) in [5.41, 5.74) is 2.51. The van der Waals surface area contributed by atoms with E-state index in [0.717, 1.165) is 26.1 Å². The fraction of sp³-hybridized carbons (Fsp3) is 0. The van der Waals surface area contributed by atoms with Gasteiger partial charge in [0.25, 0.3) is 0 Å². The summed E-state index contributed by atoms with van der Waals surface area (Å²) in [4.78, 5) is 6.78. The van der Waals surface area contributed by atoms with E-state index < -0.39 is 0 Å². The highest BCUT2D eigenvalue weighted by molar-refractivity contribution is 7.99. The van der Waals surface area contributed by atoms with E-state index in [2.05, 4.69) is 11.1 Å². The van der Waals surface area contributed by atoms with Crippen molar-refractivity contribution < 1.29 is 0 Å². The molecule has 2 nitrogen and oxygen atoms in total. The highest BCUT2D eigenvalue weighted by Gasteiger charge is 2.03. The number of nitrogens with zero attached hydrogens (tertiary/aromatic N) is 2. The molecule has 116 valence electrons. The minimum Gasteiger partial charge on any atom is -0.255 e. The number of para-hydroxylation sites is 1. The zero-order valence-electron chi connectivity index (χ0n) is 12.7. The Morgan fingerprint density at radius 2 is 1.62 bits per heavy atom. The number of nitriles is 1. The lowest BCUT2D eigenvalue weighted by atomic mass is 10.2. The molecule has 0 fully saturated rings. The van der Waals surface area contributed by atoms with Gasteiger partial charge in [-0.2, -0.15) is 5.26 Å². The van der Waals surface area contributed by atoms with E-state index in [1.165, 1.54) is 0 Å². The summed E-state index contributed by atoms with van der Waals surface area (Å²) >= 11 is 7.58. The van der Waals surface area contributed by atoms with Crippen LogP contribution in [0, 0.1) is 11.3 Å². The summed E-state index contributed by atoms with van der Waals surface area (Å²) in [5.74, 6) is 0. The Labute approximate surface area is 150 Å². The highest BCUT2D eigenvalue weighted by Crippen LogP contribution is 2.35. The van der Waals surface area contributed by atoms with Crippen LogP contribution in [0.4, 0.5) is 5.69 Å². The maximum absolute atomic E-state index is 8.84. The van der Waals surface area contributed by atoms with Gasteiger partial charge in [-0.1, -0.05) is 47.6 Å². The van der Waals surface area contributed by atoms with Gasteiger partial charge >= 0.3 is 0 Å². The lowest BCUT2D eigenvalue weighted by Gasteiger charge is -2.05. The SMILES string of the molecule is N#Cc1ccc(C=Nc2ccccc2Sc2ccc(Cl)cc2)cc1. The van der Waals surface area contributed by atoms with Gasteiger partial charge in [-0.3, -0.25) is 4.99 Å². The molecule has 0 aliphatic carbocycles. The van der Waals surface area contributed by atoms with Crippen LogP contribution < -0.4 is 0 Å². The zero-order chi connectivity index (χ0) is 16.8. The minimum absolute atomic E-state index is 0.644. The highest BCUT2D eigenvalue weighted by atomic mass is 35.5. The van der Waals surface area contributed by atoms with E-state index >= 15 is 0 Å². The third kappa shape index (κ3) is 4.26. The Kier molecular flexibility index (Phi) is 5.32. The van der Waals surface area contributed by atoms with Crippen LogP contribution in [-0.4, -0.2) is 6.21 Å². The van der Waals surface area contributed by atoms with Crippen LogP contribution in [0.5, 0.6) is 0 Å². The molecule has 3 aromatic carbocycles.